The molecule has 1 heterocycles. The van der Waals surface area contributed by atoms with Crippen LogP contribution in [0.4, 0.5) is 0 Å². The van der Waals surface area contributed by atoms with Crippen LogP contribution in [-0.2, 0) is 4.74 Å². The first-order valence-electron chi connectivity index (χ1n) is 8.96. The summed E-state index contributed by atoms with van der Waals surface area (Å²) in [7, 11) is 1.50. The van der Waals surface area contributed by atoms with E-state index in [0.29, 0.717) is 35.0 Å². The molecular weight excluding hydrogens is 372 g/mol. The molecule has 2 aromatic carbocycles. The molecule has 7 heteroatoms. The largest absolute Gasteiger partial charge is 0.496 e. The Morgan fingerprint density at radius 3 is 2.72 bits per heavy atom. The molecule has 148 valence electrons. The van der Waals surface area contributed by atoms with E-state index in [2.05, 4.69) is 10.5 Å². The molecule has 0 fully saturated rings. The molecule has 0 bridgehead atoms. The first-order valence-corrected chi connectivity index (χ1v) is 8.96. The number of hydrogen-bond donors (Lipinski definition) is 1. The minimum absolute atomic E-state index is 0.311. The fraction of sp³-hybridized carbons (Fsp3) is 0.136. The van der Waals surface area contributed by atoms with Gasteiger partial charge in [-0.1, -0.05) is 24.3 Å². The van der Waals surface area contributed by atoms with Gasteiger partial charge in [0.25, 0.3) is 5.91 Å². The molecule has 7 nitrogen and oxygen atoms in total. The van der Waals surface area contributed by atoms with E-state index in [1.807, 2.05) is 6.07 Å². The Labute approximate surface area is 167 Å². The Morgan fingerprint density at radius 1 is 1.10 bits per heavy atom. The zero-order valence-electron chi connectivity index (χ0n) is 16.0. The Balaban J connectivity index is 1.68. The van der Waals surface area contributed by atoms with Crippen molar-refractivity contribution in [1.82, 2.24) is 5.43 Å². The third kappa shape index (κ3) is 4.90. The van der Waals surface area contributed by atoms with Gasteiger partial charge in [0.05, 0.1) is 31.1 Å². The van der Waals surface area contributed by atoms with Gasteiger partial charge < -0.3 is 13.9 Å². The average Bonchev–Trinajstić information content (AvgIpc) is 3.23. The predicted molar refractivity (Wildman–Crippen MR) is 108 cm³/mol. The van der Waals surface area contributed by atoms with Crippen molar-refractivity contribution in [3.05, 3.63) is 77.6 Å². The molecular formula is C22H20N2O5. The fourth-order valence-corrected chi connectivity index (χ4v) is 2.64. The van der Waals surface area contributed by atoms with Crippen LogP contribution in [0, 0.1) is 0 Å². The summed E-state index contributed by atoms with van der Waals surface area (Å²) in [6, 6.07) is 17.3. The van der Waals surface area contributed by atoms with Gasteiger partial charge >= 0.3 is 5.97 Å². The number of nitrogens with one attached hydrogen (secondary N) is 1. The van der Waals surface area contributed by atoms with E-state index in [9.17, 15) is 9.59 Å². The zero-order chi connectivity index (χ0) is 20.6. The number of hydrazone groups is 1. The van der Waals surface area contributed by atoms with Crippen LogP contribution < -0.4 is 10.2 Å². The zero-order valence-corrected chi connectivity index (χ0v) is 16.0. The molecule has 3 aromatic rings. The topological polar surface area (TPSA) is 90.1 Å². The first-order chi connectivity index (χ1) is 14.1. The van der Waals surface area contributed by atoms with Gasteiger partial charge in [0.1, 0.15) is 17.3 Å². The number of furan rings is 1. The van der Waals surface area contributed by atoms with E-state index < -0.39 is 5.91 Å². The summed E-state index contributed by atoms with van der Waals surface area (Å²) in [5.41, 5.74) is 3.99. The fourth-order valence-electron chi connectivity index (χ4n) is 2.64. The van der Waals surface area contributed by atoms with Gasteiger partial charge in [0, 0.05) is 5.56 Å². The molecule has 0 aliphatic carbocycles. The minimum Gasteiger partial charge on any atom is -0.496 e. The highest BCUT2D eigenvalue weighted by Crippen LogP contribution is 2.23. The number of methoxy groups -OCH3 is 1. The summed E-state index contributed by atoms with van der Waals surface area (Å²) in [5.74, 6) is 0.687. The lowest BCUT2D eigenvalue weighted by atomic mass is 10.1. The van der Waals surface area contributed by atoms with Crippen molar-refractivity contribution in [2.45, 2.75) is 6.92 Å². The van der Waals surface area contributed by atoms with E-state index in [0.717, 1.165) is 5.56 Å². The maximum Gasteiger partial charge on any atom is 0.338 e. The lowest BCUT2D eigenvalue weighted by Gasteiger charge is -2.05. The van der Waals surface area contributed by atoms with E-state index in [1.54, 1.807) is 61.5 Å². The van der Waals surface area contributed by atoms with Gasteiger partial charge in [0.2, 0.25) is 0 Å². The molecule has 0 radical (unpaired) electrons. The highest BCUT2D eigenvalue weighted by Gasteiger charge is 2.11. The predicted octanol–water partition coefficient (Wildman–Crippen LogP) is 3.90. The van der Waals surface area contributed by atoms with Gasteiger partial charge in [-0.05, 0) is 43.3 Å². The normalized spacial score (nSPS) is 10.7. The monoisotopic (exact) mass is 392 g/mol. The number of carbonyl (C=O) groups is 2. The van der Waals surface area contributed by atoms with E-state index >= 15 is 0 Å². The van der Waals surface area contributed by atoms with E-state index in [1.165, 1.54) is 13.3 Å². The number of benzene rings is 2. The first kappa shape index (κ1) is 19.9. The van der Waals surface area contributed by atoms with Crippen LogP contribution in [0.5, 0.6) is 5.75 Å². The van der Waals surface area contributed by atoms with Crippen molar-refractivity contribution >= 4 is 18.1 Å². The van der Waals surface area contributed by atoms with E-state index in [-0.39, 0.29) is 5.97 Å². The highest BCUT2D eigenvalue weighted by atomic mass is 16.5. The molecule has 1 amide bonds. The molecule has 0 saturated heterocycles. The van der Waals surface area contributed by atoms with Crippen LogP contribution in [0.15, 0.2) is 70.2 Å². The van der Waals surface area contributed by atoms with Crippen molar-refractivity contribution in [2.75, 3.05) is 13.7 Å². The van der Waals surface area contributed by atoms with Crippen LogP contribution >= 0.6 is 0 Å². The molecule has 3 rings (SSSR count). The summed E-state index contributed by atoms with van der Waals surface area (Å²) >= 11 is 0. The molecule has 0 saturated carbocycles. The smallest absolute Gasteiger partial charge is 0.338 e. The number of amides is 1. The lowest BCUT2D eigenvalue weighted by molar-refractivity contribution is 0.0526. The van der Waals surface area contributed by atoms with Crippen LogP contribution in [0.1, 0.15) is 33.4 Å². The second-order valence-corrected chi connectivity index (χ2v) is 5.90. The molecule has 0 atom stereocenters. The van der Waals surface area contributed by atoms with Crippen molar-refractivity contribution in [3.8, 4) is 17.1 Å². The standard InChI is InChI=1S/C22H20N2O5/c1-3-28-22(26)16-8-6-7-15(13-16)19-12-11-17(29-19)14-23-24-21(25)18-9-4-5-10-20(18)27-2/h4-14H,3H2,1-2H3,(H,24,25). The molecule has 0 aliphatic rings. The second kappa shape index (κ2) is 9.36. The SMILES string of the molecule is CCOC(=O)c1cccc(-c2ccc(C=NNC(=O)c3ccccc3OC)o2)c1. The molecule has 0 spiro atoms. The number of para-hydroxylation sites is 1. The van der Waals surface area contributed by atoms with Crippen LogP contribution in [-0.4, -0.2) is 31.8 Å². The molecule has 29 heavy (non-hydrogen) atoms. The summed E-state index contributed by atoms with van der Waals surface area (Å²) in [4.78, 5) is 24.1. The molecule has 0 aliphatic heterocycles. The van der Waals surface area contributed by atoms with Crippen LogP contribution in [0.2, 0.25) is 0 Å². The third-order valence-corrected chi connectivity index (χ3v) is 3.99. The van der Waals surface area contributed by atoms with Crippen LogP contribution in [0.3, 0.4) is 0 Å². The molecule has 0 unspecified atom stereocenters. The summed E-state index contributed by atoms with van der Waals surface area (Å²) in [5, 5.41) is 3.92. The highest BCUT2D eigenvalue weighted by molar-refractivity contribution is 5.97. The Morgan fingerprint density at radius 2 is 1.93 bits per heavy atom. The average molecular weight is 392 g/mol. The van der Waals surface area contributed by atoms with Crippen molar-refractivity contribution in [2.24, 2.45) is 5.10 Å². The quantitative estimate of drug-likeness (QED) is 0.374. The maximum atomic E-state index is 12.2. The maximum absolute atomic E-state index is 12.2. The summed E-state index contributed by atoms with van der Waals surface area (Å²) < 4.78 is 15.9. The second-order valence-electron chi connectivity index (χ2n) is 5.90. The van der Waals surface area contributed by atoms with Crippen molar-refractivity contribution in [1.29, 1.82) is 0 Å². The Bertz CT molecular complexity index is 1040. The Kier molecular flexibility index (Phi) is 6.42. The van der Waals surface area contributed by atoms with Gasteiger partial charge in [-0.15, -0.1) is 0 Å². The van der Waals surface area contributed by atoms with Crippen molar-refractivity contribution in [3.63, 3.8) is 0 Å². The number of ether oxygens (including phenoxy) is 2. The number of hydrogen-bond acceptors (Lipinski definition) is 6. The lowest BCUT2D eigenvalue weighted by Crippen LogP contribution is -2.18. The Hall–Kier alpha value is -3.87. The summed E-state index contributed by atoms with van der Waals surface area (Å²) in [6.07, 6.45) is 1.39. The minimum atomic E-state index is -0.396. The van der Waals surface area contributed by atoms with Gasteiger partial charge in [-0.25, -0.2) is 10.2 Å². The summed E-state index contributed by atoms with van der Waals surface area (Å²) in [6.45, 7) is 2.07. The van der Waals surface area contributed by atoms with Gasteiger partial charge in [-0.3, -0.25) is 4.79 Å². The van der Waals surface area contributed by atoms with Crippen molar-refractivity contribution < 1.29 is 23.5 Å². The van der Waals surface area contributed by atoms with Gasteiger partial charge in [-0.2, -0.15) is 5.10 Å². The van der Waals surface area contributed by atoms with Crippen LogP contribution in [0.25, 0.3) is 11.3 Å². The number of carbonyl (C=O) groups excluding carboxylic acids is 2. The number of esters is 1. The number of rotatable bonds is 7. The number of nitrogens with zero attached hydrogens (tertiary/aromatic N) is 1. The molecule has 1 aromatic heterocycles. The van der Waals surface area contributed by atoms with E-state index in [4.69, 9.17) is 13.9 Å². The molecule has 1 N–H and O–H groups in total. The van der Waals surface area contributed by atoms with Gasteiger partial charge in [0.15, 0.2) is 0 Å². The third-order valence-electron chi connectivity index (χ3n) is 3.99.